The first-order valence-electron chi connectivity index (χ1n) is 9.14. The van der Waals surface area contributed by atoms with Gasteiger partial charge in [0, 0.05) is 50.9 Å². The quantitative estimate of drug-likeness (QED) is 0.538. The molecule has 0 unspecified atom stereocenters. The topological polar surface area (TPSA) is 60.8 Å². The Morgan fingerprint density at radius 3 is 2.52 bits per heavy atom. The summed E-state index contributed by atoms with van der Waals surface area (Å²) in [6, 6.07) is 0. The summed E-state index contributed by atoms with van der Waals surface area (Å²) in [6.07, 6.45) is 0.815. The van der Waals surface area contributed by atoms with Crippen molar-refractivity contribution < 1.29 is 4.79 Å². The van der Waals surface area contributed by atoms with Crippen molar-refractivity contribution in [2.75, 3.05) is 39.8 Å². The maximum absolute atomic E-state index is 12.3. The zero-order valence-electron chi connectivity index (χ0n) is 16.5. The number of aliphatic imine (C=N–C) groups is 1. The second-order valence-electron chi connectivity index (χ2n) is 6.24. The summed E-state index contributed by atoms with van der Waals surface area (Å²) in [5, 5.41) is 6.55. The summed E-state index contributed by atoms with van der Waals surface area (Å²) in [6.45, 7) is 13.6. The van der Waals surface area contributed by atoms with Gasteiger partial charge in [0.25, 0.3) is 0 Å². The van der Waals surface area contributed by atoms with E-state index in [4.69, 9.17) is 0 Å². The van der Waals surface area contributed by atoms with Crippen LogP contribution in [-0.2, 0) is 11.2 Å². The lowest BCUT2D eigenvalue weighted by molar-refractivity contribution is -0.131. The highest BCUT2D eigenvalue weighted by atomic mass is 32.1. The summed E-state index contributed by atoms with van der Waals surface area (Å²) in [5.74, 6) is 1.36. The van der Waals surface area contributed by atoms with E-state index in [1.807, 2.05) is 37.6 Å². The number of amides is 1. The molecule has 0 spiro atoms. The van der Waals surface area contributed by atoms with Crippen LogP contribution in [0.1, 0.15) is 51.2 Å². The van der Waals surface area contributed by atoms with Crippen molar-refractivity contribution in [2.45, 2.75) is 47.0 Å². The van der Waals surface area contributed by atoms with E-state index in [-0.39, 0.29) is 5.91 Å². The van der Waals surface area contributed by atoms with Gasteiger partial charge < -0.3 is 15.1 Å². The van der Waals surface area contributed by atoms with Gasteiger partial charge in [0.15, 0.2) is 5.96 Å². The van der Waals surface area contributed by atoms with Crippen LogP contribution < -0.4 is 5.32 Å². The van der Waals surface area contributed by atoms with Gasteiger partial charge in [-0.15, -0.1) is 11.3 Å². The lowest BCUT2D eigenvalue weighted by Crippen LogP contribution is -2.45. The Hall–Kier alpha value is -1.63. The molecular formula is C18H33N5OS. The predicted octanol–water partition coefficient (Wildman–Crippen LogP) is 2.57. The average Bonchev–Trinajstić information content (AvgIpc) is 3.04. The third-order valence-corrected chi connectivity index (χ3v) is 5.07. The monoisotopic (exact) mass is 367 g/mol. The molecule has 1 heterocycles. The maximum Gasteiger partial charge on any atom is 0.242 e. The number of guanidine groups is 1. The van der Waals surface area contributed by atoms with E-state index >= 15 is 0 Å². The summed E-state index contributed by atoms with van der Waals surface area (Å²) in [5.41, 5.74) is 1.09. The fourth-order valence-corrected chi connectivity index (χ4v) is 3.27. The van der Waals surface area contributed by atoms with Gasteiger partial charge >= 0.3 is 0 Å². The van der Waals surface area contributed by atoms with Crippen LogP contribution in [0, 0.1) is 0 Å². The largest absolute Gasteiger partial charge is 0.357 e. The molecule has 0 fully saturated rings. The highest BCUT2D eigenvalue weighted by molar-refractivity contribution is 7.09. The number of aromatic nitrogens is 1. The fourth-order valence-electron chi connectivity index (χ4n) is 2.40. The Balaban J connectivity index is 2.63. The first-order chi connectivity index (χ1) is 11.9. The van der Waals surface area contributed by atoms with Gasteiger partial charge in [0.2, 0.25) is 5.91 Å². The van der Waals surface area contributed by atoms with Gasteiger partial charge in [-0.1, -0.05) is 13.8 Å². The van der Waals surface area contributed by atoms with Crippen LogP contribution in [0.5, 0.6) is 0 Å². The molecule has 0 radical (unpaired) electrons. The van der Waals surface area contributed by atoms with Gasteiger partial charge in [-0.25, -0.2) is 4.98 Å². The molecule has 0 saturated carbocycles. The number of hydrogen-bond acceptors (Lipinski definition) is 4. The molecule has 0 saturated heterocycles. The van der Waals surface area contributed by atoms with Crippen LogP contribution >= 0.6 is 11.3 Å². The van der Waals surface area contributed by atoms with Crippen LogP contribution in [0.3, 0.4) is 0 Å². The minimum atomic E-state index is 0.124. The predicted molar refractivity (Wildman–Crippen MR) is 106 cm³/mol. The third-order valence-electron chi connectivity index (χ3n) is 3.88. The van der Waals surface area contributed by atoms with Gasteiger partial charge in [-0.2, -0.15) is 0 Å². The number of hydrogen-bond donors (Lipinski definition) is 1. The molecular weight excluding hydrogens is 334 g/mol. The first-order valence-corrected chi connectivity index (χ1v) is 10.0. The lowest BCUT2D eigenvalue weighted by atomic mass is 10.2. The second kappa shape index (κ2) is 11.1. The smallest absolute Gasteiger partial charge is 0.242 e. The molecule has 7 heteroatoms. The Bertz CT molecular complexity index is 551. The van der Waals surface area contributed by atoms with Crippen LogP contribution in [0.25, 0.3) is 0 Å². The SMILES string of the molecule is CCNC(=NCCc1csc(C(C)C)n1)N(C)CC(=O)N(CC)CC. The maximum atomic E-state index is 12.3. The Kier molecular flexibility index (Phi) is 9.49. The van der Waals surface area contributed by atoms with Crippen LogP contribution in [0.15, 0.2) is 10.4 Å². The van der Waals surface area contributed by atoms with E-state index in [0.29, 0.717) is 19.0 Å². The van der Waals surface area contributed by atoms with E-state index in [1.54, 1.807) is 11.3 Å². The lowest BCUT2D eigenvalue weighted by Gasteiger charge is -2.25. The molecule has 0 aromatic carbocycles. The number of likely N-dealkylation sites (N-methyl/N-ethyl adjacent to an activating group) is 2. The molecule has 0 atom stereocenters. The summed E-state index contributed by atoms with van der Waals surface area (Å²) < 4.78 is 0. The Labute approximate surface area is 156 Å². The summed E-state index contributed by atoms with van der Waals surface area (Å²) >= 11 is 1.71. The van der Waals surface area contributed by atoms with E-state index in [9.17, 15) is 4.79 Å². The molecule has 0 aliphatic heterocycles. The number of thiazole rings is 1. The molecule has 0 aliphatic carbocycles. The fraction of sp³-hybridized carbons (Fsp3) is 0.722. The van der Waals surface area contributed by atoms with Crippen molar-refractivity contribution in [1.82, 2.24) is 20.1 Å². The molecule has 0 aliphatic rings. The van der Waals surface area contributed by atoms with Gasteiger partial charge in [-0.05, 0) is 20.8 Å². The Morgan fingerprint density at radius 1 is 1.32 bits per heavy atom. The van der Waals surface area contributed by atoms with Crippen molar-refractivity contribution in [1.29, 1.82) is 0 Å². The van der Waals surface area contributed by atoms with Crippen molar-refractivity contribution in [3.8, 4) is 0 Å². The van der Waals surface area contributed by atoms with E-state index < -0.39 is 0 Å². The highest BCUT2D eigenvalue weighted by Gasteiger charge is 2.15. The van der Waals surface area contributed by atoms with E-state index in [0.717, 1.165) is 37.7 Å². The zero-order chi connectivity index (χ0) is 18.8. The van der Waals surface area contributed by atoms with Crippen molar-refractivity contribution in [3.05, 3.63) is 16.1 Å². The molecule has 1 N–H and O–H groups in total. The van der Waals surface area contributed by atoms with Crippen LogP contribution in [-0.4, -0.2) is 66.4 Å². The molecule has 1 amide bonds. The number of carbonyl (C=O) groups excluding carboxylic acids is 1. The van der Waals surface area contributed by atoms with Crippen molar-refractivity contribution in [2.24, 2.45) is 4.99 Å². The minimum Gasteiger partial charge on any atom is -0.357 e. The molecule has 6 nitrogen and oxygen atoms in total. The molecule has 1 rings (SSSR count). The number of carbonyl (C=O) groups is 1. The van der Waals surface area contributed by atoms with E-state index in [2.05, 4.69) is 34.5 Å². The molecule has 0 bridgehead atoms. The van der Waals surface area contributed by atoms with Gasteiger partial charge in [0.05, 0.1) is 17.2 Å². The van der Waals surface area contributed by atoms with Crippen molar-refractivity contribution >= 4 is 23.2 Å². The standard InChI is InChI=1S/C18H33N5OS/c1-7-19-18(22(6)12-16(24)23(8-2)9-3)20-11-10-15-13-25-17(21-15)14(4)5/h13-14H,7-12H2,1-6H3,(H,19,20). The Morgan fingerprint density at radius 2 is 2.00 bits per heavy atom. The summed E-state index contributed by atoms with van der Waals surface area (Å²) in [7, 11) is 1.91. The van der Waals surface area contributed by atoms with Crippen LogP contribution in [0.4, 0.5) is 0 Å². The van der Waals surface area contributed by atoms with Crippen molar-refractivity contribution in [3.63, 3.8) is 0 Å². The number of rotatable bonds is 9. The molecule has 1 aromatic heterocycles. The van der Waals surface area contributed by atoms with Crippen LogP contribution in [0.2, 0.25) is 0 Å². The van der Waals surface area contributed by atoms with E-state index in [1.165, 1.54) is 5.01 Å². The summed E-state index contributed by atoms with van der Waals surface area (Å²) in [4.78, 5) is 25.3. The minimum absolute atomic E-state index is 0.124. The third kappa shape index (κ3) is 7.02. The first kappa shape index (κ1) is 21.4. The highest BCUT2D eigenvalue weighted by Crippen LogP contribution is 2.19. The normalized spacial score (nSPS) is 11.7. The second-order valence-corrected chi connectivity index (χ2v) is 7.13. The average molecular weight is 368 g/mol. The number of nitrogens with zero attached hydrogens (tertiary/aromatic N) is 4. The molecule has 25 heavy (non-hydrogen) atoms. The van der Waals surface area contributed by atoms with Gasteiger partial charge in [-0.3, -0.25) is 9.79 Å². The molecule has 142 valence electrons. The number of nitrogens with one attached hydrogen (secondary N) is 1. The zero-order valence-corrected chi connectivity index (χ0v) is 17.3. The van der Waals surface area contributed by atoms with Gasteiger partial charge in [0.1, 0.15) is 0 Å². The molecule has 1 aromatic rings.